The molecule has 0 aliphatic heterocycles. The summed E-state index contributed by atoms with van der Waals surface area (Å²) in [6.45, 7) is 0.0872. The lowest BCUT2D eigenvalue weighted by atomic mass is 10.0. The number of unbranched alkanes of at least 4 members (excludes halogenated alkanes) is 2. The average Bonchev–Trinajstić information content (AvgIpc) is 2.97. The van der Waals surface area contributed by atoms with Crippen LogP contribution in [0.5, 0.6) is 5.75 Å². The molecule has 1 aromatic rings. The number of aliphatic carboxylic acids is 2. The normalized spacial score (nSPS) is 13.5. The maximum atomic E-state index is 13.3. The Morgan fingerprint density at radius 1 is 0.705 bits per heavy atom. The van der Waals surface area contributed by atoms with Gasteiger partial charge < -0.3 is 53.8 Å². The highest BCUT2D eigenvalue weighted by Gasteiger charge is 2.28. The molecule has 1 rings (SSSR count). The van der Waals surface area contributed by atoms with Gasteiger partial charge in [-0.1, -0.05) is 12.1 Å². The highest BCUT2D eigenvalue weighted by atomic mass is 16.4. The molecule has 246 valence electrons. The number of carboxylic acids is 2. The van der Waals surface area contributed by atoms with Crippen LogP contribution in [0, 0.1) is 0 Å². The second-order valence-corrected chi connectivity index (χ2v) is 10.3. The fraction of sp³-hybridized carbons (Fsp3) is 0.571. The first-order valence-corrected chi connectivity index (χ1v) is 14.4. The van der Waals surface area contributed by atoms with Crippen molar-refractivity contribution in [2.45, 2.75) is 82.0 Å². The van der Waals surface area contributed by atoms with E-state index in [9.17, 15) is 39.0 Å². The molecule has 0 aliphatic rings. The number of rotatable bonds is 22. The van der Waals surface area contributed by atoms with Gasteiger partial charge in [-0.25, -0.2) is 4.79 Å². The van der Waals surface area contributed by atoms with Gasteiger partial charge in [-0.15, -0.1) is 0 Å². The molecule has 0 fully saturated rings. The molecule has 0 heterocycles. The molecule has 44 heavy (non-hydrogen) atoms. The molecule has 0 saturated carbocycles. The summed E-state index contributed by atoms with van der Waals surface area (Å²) in [5.41, 5.74) is 17.9. The van der Waals surface area contributed by atoms with E-state index in [0.29, 0.717) is 44.3 Å². The summed E-state index contributed by atoms with van der Waals surface area (Å²) in [5.74, 6) is -5.42. The molecule has 4 unspecified atom stereocenters. The Labute approximate surface area is 255 Å². The van der Waals surface area contributed by atoms with Gasteiger partial charge in [0.25, 0.3) is 0 Å². The molecular formula is C28H45N7O9. The highest BCUT2D eigenvalue weighted by molar-refractivity contribution is 5.94. The molecule has 4 amide bonds. The number of carboxylic acid groups (broad SMARTS) is 2. The first-order chi connectivity index (χ1) is 20.9. The number of benzene rings is 1. The Morgan fingerprint density at radius 3 is 1.77 bits per heavy atom. The van der Waals surface area contributed by atoms with Gasteiger partial charge in [0.2, 0.25) is 23.6 Å². The number of hydrogen-bond acceptors (Lipinski definition) is 10. The van der Waals surface area contributed by atoms with E-state index in [-0.39, 0.29) is 31.4 Å². The van der Waals surface area contributed by atoms with Gasteiger partial charge >= 0.3 is 11.9 Å². The smallest absolute Gasteiger partial charge is 0.326 e. The van der Waals surface area contributed by atoms with Crippen molar-refractivity contribution in [3.8, 4) is 5.75 Å². The van der Waals surface area contributed by atoms with Crippen molar-refractivity contribution in [1.29, 1.82) is 0 Å². The molecule has 13 N–H and O–H groups in total. The number of nitrogens with two attached hydrogens (primary N) is 3. The zero-order chi connectivity index (χ0) is 33.1. The predicted molar refractivity (Wildman–Crippen MR) is 159 cm³/mol. The summed E-state index contributed by atoms with van der Waals surface area (Å²) in [6, 6.07) is 1.55. The van der Waals surface area contributed by atoms with Crippen LogP contribution in [0.15, 0.2) is 24.3 Å². The molecule has 4 atom stereocenters. The maximum Gasteiger partial charge on any atom is 0.326 e. The Kier molecular flexibility index (Phi) is 17.7. The number of phenolic OH excluding ortho intramolecular Hbond substituents is 1. The van der Waals surface area contributed by atoms with Gasteiger partial charge in [-0.2, -0.15) is 0 Å². The summed E-state index contributed by atoms with van der Waals surface area (Å²) >= 11 is 0. The molecule has 0 bridgehead atoms. The Hall–Kier alpha value is -4.28. The van der Waals surface area contributed by atoms with Crippen molar-refractivity contribution in [3.63, 3.8) is 0 Å². The van der Waals surface area contributed by atoms with Crippen LogP contribution < -0.4 is 38.5 Å². The van der Waals surface area contributed by atoms with Crippen LogP contribution in [0.3, 0.4) is 0 Å². The second kappa shape index (κ2) is 20.6. The third kappa shape index (κ3) is 15.3. The lowest BCUT2D eigenvalue weighted by molar-refractivity contribution is -0.143. The van der Waals surface area contributed by atoms with Gasteiger partial charge in [0.15, 0.2) is 0 Å². The van der Waals surface area contributed by atoms with Crippen LogP contribution in [0.2, 0.25) is 0 Å². The summed E-state index contributed by atoms with van der Waals surface area (Å²) in [7, 11) is 0. The molecule has 16 heteroatoms. The fourth-order valence-electron chi connectivity index (χ4n) is 4.11. The summed E-state index contributed by atoms with van der Waals surface area (Å²) in [4.78, 5) is 73.5. The third-order valence-electron chi connectivity index (χ3n) is 6.59. The number of hydrogen-bond donors (Lipinski definition) is 10. The van der Waals surface area contributed by atoms with Gasteiger partial charge in [-0.05, 0) is 82.2 Å². The minimum atomic E-state index is -1.46. The van der Waals surface area contributed by atoms with Crippen LogP contribution in [0.25, 0.3) is 0 Å². The van der Waals surface area contributed by atoms with Gasteiger partial charge in [-0.3, -0.25) is 24.0 Å². The SMILES string of the molecule is NCCCCC(NC(=O)C(N)Cc1ccc(O)cc1)C(=O)NC(CCCCN)C(=O)NCC(=O)NC(CCC(=O)O)C(=O)O. The van der Waals surface area contributed by atoms with Gasteiger partial charge in [0, 0.05) is 6.42 Å². The maximum absolute atomic E-state index is 13.3. The Balaban J connectivity index is 2.90. The van der Waals surface area contributed by atoms with E-state index in [1.807, 2.05) is 0 Å². The van der Waals surface area contributed by atoms with Crippen LogP contribution in [0.4, 0.5) is 0 Å². The number of carbonyl (C=O) groups is 6. The monoisotopic (exact) mass is 623 g/mol. The largest absolute Gasteiger partial charge is 0.508 e. The van der Waals surface area contributed by atoms with Gasteiger partial charge in [0.1, 0.15) is 23.9 Å². The van der Waals surface area contributed by atoms with Crippen LogP contribution in [-0.2, 0) is 35.2 Å². The molecule has 1 aromatic carbocycles. The summed E-state index contributed by atoms with van der Waals surface area (Å²) in [6.07, 6.45) is 1.78. The predicted octanol–water partition coefficient (Wildman–Crippen LogP) is -1.96. The van der Waals surface area contributed by atoms with Crippen LogP contribution in [-0.4, -0.2) is 94.7 Å². The molecule has 0 radical (unpaired) electrons. The van der Waals surface area contributed by atoms with E-state index in [0.717, 1.165) is 0 Å². The summed E-state index contributed by atoms with van der Waals surface area (Å²) in [5, 5.41) is 37.2. The summed E-state index contributed by atoms with van der Waals surface area (Å²) < 4.78 is 0. The standard InChI is InChI=1S/C28H45N7O9/c29-13-3-1-5-20(26(41)32-16-23(37)33-22(28(43)44)11-12-24(38)39)35-27(42)21(6-2-4-14-30)34-25(40)19(31)15-17-7-9-18(36)10-8-17/h7-10,19-22,36H,1-6,11-16,29-31H2,(H,32,41)(H,33,37)(H,34,40)(H,35,42)(H,38,39)(H,43,44). The zero-order valence-electron chi connectivity index (χ0n) is 24.6. The van der Waals surface area contributed by atoms with E-state index in [2.05, 4.69) is 21.3 Å². The van der Waals surface area contributed by atoms with Crippen LogP contribution in [0.1, 0.15) is 56.9 Å². The van der Waals surface area contributed by atoms with Crippen LogP contribution >= 0.6 is 0 Å². The van der Waals surface area contributed by atoms with E-state index in [4.69, 9.17) is 22.3 Å². The number of carbonyl (C=O) groups excluding carboxylic acids is 4. The van der Waals surface area contributed by atoms with Crippen molar-refractivity contribution in [3.05, 3.63) is 29.8 Å². The molecule has 0 spiro atoms. The zero-order valence-corrected chi connectivity index (χ0v) is 24.6. The van der Waals surface area contributed by atoms with Crippen molar-refractivity contribution < 1.29 is 44.1 Å². The molecule has 0 saturated heterocycles. The van der Waals surface area contributed by atoms with E-state index < -0.39 is 72.7 Å². The van der Waals surface area contributed by atoms with Crippen molar-refractivity contribution >= 4 is 35.6 Å². The topological polar surface area (TPSA) is 289 Å². The number of amides is 4. The van der Waals surface area contributed by atoms with Crippen molar-refractivity contribution in [1.82, 2.24) is 21.3 Å². The lowest BCUT2D eigenvalue weighted by Gasteiger charge is -2.24. The van der Waals surface area contributed by atoms with Crippen molar-refractivity contribution in [2.24, 2.45) is 17.2 Å². The quantitative estimate of drug-likeness (QED) is 0.0630. The first-order valence-electron chi connectivity index (χ1n) is 14.4. The highest BCUT2D eigenvalue weighted by Crippen LogP contribution is 2.11. The molecular weight excluding hydrogens is 578 g/mol. The fourth-order valence-corrected chi connectivity index (χ4v) is 4.11. The molecule has 0 aromatic heterocycles. The Bertz CT molecular complexity index is 1100. The third-order valence-corrected chi connectivity index (χ3v) is 6.59. The van der Waals surface area contributed by atoms with Gasteiger partial charge in [0.05, 0.1) is 12.6 Å². The first kappa shape index (κ1) is 37.7. The minimum absolute atomic E-state index is 0.0642. The Morgan fingerprint density at radius 2 is 1.25 bits per heavy atom. The average molecular weight is 624 g/mol. The van der Waals surface area contributed by atoms with E-state index in [1.54, 1.807) is 12.1 Å². The number of nitrogens with one attached hydrogen (secondary N) is 4. The molecule has 0 aliphatic carbocycles. The number of aromatic hydroxyl groups is 1. The number of phenols is 1. The lowest BCUT2D eigenvalue weighted by Crippen LogP contribution is -2.56. The molecule has 16 nitrogen and oxygen atoms in total. The van der Waals surface area contributed by atoms with Crippen molar-refractivity contribution in [2.75, 3.05) is 19.6 Å². The van der Waals surface area contributed by atoms with E-state index in [1.165, 1.54) is 12.1 Å². The van der Waals surface area contributed by atoms with E-state index >= 15 is 0 Å². The minimum Gasteiger partial charge on any atom is -0.508 e. The second-order valence-electron chi connectivity index (χ2n) is 10.3.